The van der Waals surface area contributed by atoms with Crippen LogP contribution in [0.3, 0.4) is 0 Å². The SMILES string of the molecule is C.CC(C)(O)C1CC2C=CC1C2.CCC(C)CC1CC2C=CC1C2.CCOC(=O)OCC1CC2C=CC1C2.O=C=O. The number of allylic oxidation sites excluding steroid dienone is 6. The minimum Gasteiger partial charge on any atom is -0.435 e. The van der Waals surface area contributed by atoms with Gasteiger partial charge in [0.25, 0.3) is 0 Å². The highest BCUT2D eigenvalue weighted by Gasteiger charge is 2.43. The van der Waals surface area contributed by atoms with E-state index in [1.54, 1.807) is 6.92 Å². The van der Waals surface area contributed by atoms with Crippen molar-refractivity contribution in [3.05, 3.63) is 36.5 Å². The normalized spacial score (nSPS) is 34.7. The molecule has 6 aliphatic carbocycles. The smallest absolute Gasteiger partial charge is 0.435 e. The van der Waals surface area contributed by atoms with Crippen molar-refractivity contribution in [1.82, 2.24) is 0 Å². The van der Waals surface area contributed by atoms with Crippen LogP contribution in [0.5, 0.6) is 0 Å². The third-order valence-electron chi connectivity index (χ3n) is 10.1. The average molecular weight is 573 g/mol. The fourth-order valence-corrected chi connectivity index (χ4v) is 7.86. The summed E-state index contributed by atoms with van der Waals surface area (Å²) in [4.78, 5) is 27.2. The molecule has 0 aromatic rings. The maximum atomic E-state index is 10.9. The Kier molecular flexibility index (Phi) is 14.1. The molecule has 0 aromatic heterocycles. The monoisotopic (exact) mass is 572 g/mol. The van der Waals surface area contributed by atoms with Crippen molar-refractivity contribution >= 4 is 12.3 Å². The molecule has 6 bridgehead atoms. The first-order chi connectivity index (χ1) is 19.1. The zero-order valence-corrected chi connectivity index (χ0v) is 25.3. The molecule has 0 amide bonds. The molecule has 6 rings (SSSR count). The van der Waals surface area contributed by atoms with Crippen LogP contribution in [-0.4, -0.2) is 36.2 Å². The summed E-state index contributed by atoms with van der Waals surface area (Å²) in [6.45, 7) is 11.3. The summed E-state index contributed by atoms with van der Waals surface area (Å²) in [5.74, 6) is 7.75. The van der Waals surface area contributed by atoms with Crippen LogP contribution in [0.1, 0.15) is 93.4 Å². The summed E-state index contributed by atoms with van der Waals surface area (Å²) < 4.78 is 9.73. The zero-order chi connectivity index (χ0) is 29.3. The van der Waals surface area contributed by atoms with Crippen LogP contribution < -0.4 is 0 Å². The zero-order valence-electron chi connectivity index (χ0n) is 25.3. The van der Waals surface area contributed by atoms with Gasteiger partial charge in [0.1, 0.15) is 0 Å². The minimum atomic E-state index is -0.528. The van der Waals surface area contributed by atoms with Crippen molar-refractivity contribution < 1.29 is 29.0 Å². The highest BCUT2D eigenvalue weighted by Crippen LogP contribution is 2.48. The van der Waals surface area contributed by atoms with Crippen LogP contribution in [0.15, 0.2) is 36.5 Å². The number of carbonyl (C=O) groups excluding carboxylic acids is 3. The molecule has 0 aliphatic heterocycles. The van der Waals surface area contributed by atoms with E-state index in [0.29, 0.717) is 36.9 Å². The first kappa shape index (κ1) is 35.0. The lowest BCUT2D eigenvalue weighted by molar-refractivity contribution is -0.191. The van der Waals surface area contributed by atoms with E-state index in [9.17, 15) is 9.90 Å². The van der Waals surface area contributed by atoms with E-state index in [1.807, 2.05) is 13.8 Å². The molecule has 0 radical (unpaired) electrons. The largest absolute Gasteiger partial charge is 0.508 e. The van der Waals surface area contributed by atoms with E-state index >= 15 is 0 Å². The Labute approximate surface area is 249 Å². The van der Waals surface area contributed by atoms with Gasteiger partial charge in [-0.15, -0.1) is 0 Å². The van der Waals surface area contributed by atoms with E-state index in [0.717, 1.165) is 35.5 Å². The first-order valence-corrected chi connectivity index (χ1v) is 15.6. The van der Waals surface area contributed by atoms with Gasteiger partial charge in [-0.25, -0.2) is 4.79 Å². The minimum absolute atomic E-state index is 0. The second kappa shape index (κ2) is 16.5. The van der Waals surface area contributed by atoms with Gasteiger partial charge in [0.05, 0.1) is 18.8 Å². The standard InChI is InChI=1S/C12H20.C11H16O3.C10H16O.CO2.CH4/c1-3-9(2)6-12-8-10-4-5-11(12)7-10;1-2-13-11(12)14-7-10-6-8-3-4-9(10)5-8;1-10(2,11)9-6-7-3-4-8(9)5-7;2-1-3;/h4-5,9-12H,3,6-8H2,1-2H3;3-4,8-10H,2,5-7H2,1H3;3-4,7-9,11H,5-6H2,1-2H3;;1H4. The third kappa shape index (κ3) is 10.3. The van der Waals surface area contributed by atoms with E-state index in [4.69, 9.17) is 19.1 Å². The molecule has 1 N–H and O–H groups in total. The van der Waals surface area contributed by atoms with E-state index in [2.05, 4.69) is 50.3 Å². The lowest BCUT2D eigenvalue weighted by Gasteiger charge is -2.30. The van der Waals surface area contributed by atoms with Gasteiger partial charge in [0.2, 0.25) is 0 Å². The molecule has 0 saturated heterocycles. The molecule has 0 spiro atoms. The molecule has 41 heavy (non-hydrogen) atoms. The van der Waals surface area contributed by atoms with Crippen LogP contribution in [0.4, 0.5) is 4.79 Å². The molecule has 6 aliphatic rings. The topological polar surface area (TPSA) is 89.9 Å². The number of hydrogen-bond acceptors (Lipinski definition) is 6. The van der Waals surface area contributed by atoms with Gasteiger partial charge in [-0.2, -0.15) is 9.59 Å². The fourth-order valence-electron chi connectivity index (χ4n) is 7.86. The highest BCUT2D eigenvalue weighted by atomic mass is 16.7. The summed E-state index contributed by atoms with van der Waals surface area (Å²) in [5.41, 5.74) is -0.468. The second-order valence-electron chi connectivity index (χ2n) is 13.4. The van der Waals surface area contributed by atoms with Gasteiger partial charge in [-0.3, -0.25) is 0 Å². The molecule has 0 aromatic carbocycles. The lowest BCUT2D eigenvalue weighted by atomic mass is 9.81. The van der Waals surface area contributed by atoms with Gasteiger partial charge in [0, 0.05) is 5.92 Å². The number of rotatable bonds is 7. The van der Waals surface area contributed by atoms with Crippen LogP contribution in [0.25, 0.3) is 0 Å². The predicted molar refractivity (Wildman–Crippen MR) is 162 cm³/mol. The van der Waals surface area contributed by atoms with Gasteiger partial charge >= 0.3 is 12.3 Å². The van der Waals surface area contributed by atoms with Gasteiger partial charge in [-0.05, 0) is 119 Å². The van der Waals surface area contributed by atoms with Crippen molar-refractivity contribution in [1.29, 1.82) is 0 Å². The quantitative estimate of drug-likeness (QED) is 0.245. The maximum Gasteiger partial charge on any atom is 0.508 e. The molecule has 10 unspecified atom stereocenters. The number of ether oxygens (including phenoxy) is 2. The molecule has 3 fully saturated rings. The Morgan fingerprint density at radius 2 is 1.32 bits per heavy atom. The Balaban J connectivity index is 0.000000204. The van der Waals surface area contributed by atoms with Crippen molar-refractivity contribution in [3.63, 3.8) is 0 Å². The van der Waals surface area contributed by atoms with Crippen molar-refractivity contribution in [2.24, 2.45) is 59.2 Å². The molecule has 6 heteroatoms. The number of carbonyl (C=O) groups is 1. The molecular formula is C35H56O6. The Morgan fingerprint density at radius 3 is 1.66 bits per heavy atom. The molecule has 0 heterocycles. The van der Waals surface area contributed by atoms with Crippen LogP contribution in [0.2, 0.25) is 0 Å². The van der Waals surface area contributed by atoms with Gasteiger partial charge < -0.3 is 14.6 Å². The van der Waals surface area contributed by atoms with Gasteiger partial charge in [-0.1, -0.05) is 64.2 Å². The van der Waals surface area contributed by atoms with E-state index in [1.165, 1.54) is 51.4 Å². The highest BCUT2D eigenvalue weighted by molar-refractivity contribution is 5.59. The number of fused-ring (bicyclic) bond motifs is 6. The van der Waals surface area contributed by atoms with Crippen LogP contribution >= 0.6 is 0 Å². The Hall–Kier alpha value is -2.17. The summed E-state index contributed by atoms with van der Waals surface area (Å²) in [6, 6.07) is 0. The van der Waals surface area contributed by atoms with Crippen LogP contribution in [0, 0.1) is 59.2 Å². The number of hydrogen-bond donors (Lipinski definition) is 1. The summed E-state index contributed by atoms with van der Waals surface area (Å²) >= 11 is 0. The van der Waals surface area contributed by atoms with Crippen LogP contribution in [-0.2, 0) is 19.1 Å². The first-order valence-electron chi connectivity index (χ1n) is 15.6. The van der Waals surface area contributed by atoms with E-state index in [-0.39, 0.29) is 13.6 Å². The molecule has 3 saturated carbocycles. The molecule has 6 nitrogen and oxygen atoms in total. The molecule has 232 valence electrons. The lowest BCUT2D eigenvalue weighted by Crippen LogP contribution is -2.33. The Morgan fingerprint density at radius 1 is 0.829 bits per heavy atom. The van der Waals surface area contributed by atoms with Gasteiger partial charge in [0.15, 0.2) is 0 Å². The molecular weight excluding hydrogens is 516 g/mol. The fraction of sp³-hybridized carbons (Fsp3) is 0.771. The summed E-state index contributed by atoms with van der Waals surface area (Å²) in [5, 5.41) is 9.81. The summed E-state index contributed by atoms with van der Waals surface area (Å²) in [7, 11) is 0. The van der Waals surface area contributed by atoms with E-state index < -0.39 is 11.8 Å². The Bertz CT molecular complexity index is 923. The maximum absolute atomic E-state index is 10.9. The summed E-state index contributed by atoms with van der Waals surface area (Å²) in [6.07, 6.45) is 24.5. The second-order valence-corrected chi connectivity index (χ2v) is 13.4. The molecule has 10 atom stereocenters. The average Bonchev–Trinajstić information content (AvgIpc) is 3.77. The third-order valence-corrected chi connectivity index (χ3v) is 10.1. The van der Waals surface area contributed by atoms with Crippen molar-refractivity contribution in [2.45, 2.75) is 99.0 Å². The van der Waals surface area contributed by atoms with Crippen molar-refractivity contribution in [3.8, 4) is 0 Å². The predicted octanol–water partition coefficient (Wildman–Crippen LogP) is 8.03. The number of aliphatic hydroxyl groups is 1. The van der Waals surface area contributed by atoms with Crippen molar-refractivity contribution in [2.75, 3.05) is 13.2 Å².